The van der Waals surface area contributed by atoms with Gasteiger partial charge in [-0.05, 0) is 74.2 Å². The summed E-state index contributed by atoms with van der Waals surface area (Å²) in [7, 11) is 0. The van der Waals surface area contributed by atoms with Gasteiger partial charge < -0.3 is 37.9 Å². The molecule has 1 aliphatic rings. The maximum absolute atomic E-state index is 13.2. The average molecular weight is 991 g/mol. The number of pyridine rings is 2. The van der Waals surface area contributed by atoms with Crippen LogP contribution < -0.4 is 9.47 Å². The van der Waals surface area contributed by atoms with Crippen LogP contribution in [0.5, 0.6) is 11.5 Å². The van der Waals surface area contributed by atoms with Gasteiger partial charge >= 0.3 is 23.9 Å². The summed E-state index contributed by atoms with van der Waals surface area (Å²) in [5.74, 6) is -0.605. The fourth-order valence-electron chi connectivity index (χ4n) is 7.92. The highest BCUT2D eigenvalue weighted by molar-refractivity contribution is 5.91. The standard InChI is InChI=1S/C58H74N2O12/c1-3-53(61)67-39-23-19-15-11-7-5-9-13-17-21-37-65-49-33-35-51(59-43-49)45-25-29-47(30-26-45)55(63)71-57-58(70-42-41-69-57)72-56(64)48-31-27-46(28-32-48)52-36-34-50(44-60-52)66-38-22-18-14-10-6-8-12-16-20-24-40-68-54(62)4-2/h3-4,25-36,43-44,57-58H,1-2,5-24,37-42H2. The van der Waals surface area contributed by atoms with Crippen molar-refractivity contribution in [2.75, 3.05) is 39.6 Å². The summed E-state index contributed by atoms with van der Waals surface area (Å²) in [5.41, 5.74) is 3.66. The van der Waals surface area contributed by atoms with Gasteiger partial charge in [0.2, 0.25) is 0 Å². The molecule has 0 bridgehead atoms. The molecule has 0 amide bonds. The van der Waals surface area contributed by atoms with Crippen LogP contribution in [0.25, 0.3) is 22.5 Å². The Bertz CT molecular complexity index is 2040. The summed E-state index contributed by atoms with van der Waals surface area (Å²) in [5, 5.41) is 0. The first kappa shape index (κ1) is 56.5. The van der Waals surface area contributed by atoms with Crippen molar-refractivity contribution in [3.05, 3.63) is 122 Å². The zero-order valence-electron chi connectivity index (χ0n) is 42.0. The second kappa shape index (κ2) is 34.1. The Labute approximate surface area is 425 Å². The molecule has 4 aromatic rings. The van der Waals surface area contributed by atoms with Crippen LogP contribution in [0.15, 0.2) is 111 Å². The Balaban J connectivity index is 0.927. The predicted molar refractivity (Wildman–Crippen MR) is 275 cm³/mol. The van der Waals surface area contributed by atoms with E-state index in [-0.39, 0.29) is 36.3 Å². The zero-order chi connectivity index (χ0) is 50.9. The number of rotatable bonds is 36. The van der Waals surface area contributed by atoms with Crippen LogP contribution in [0.3, 0.4) is 0 Å². The van der Waals surface area contributed by atoms with Gasteiger partial charge in [-0.25, -0.2) is 19.2 Å². The summed E-state index contributed by atoms with van der Waals surface area (Å²) in [6, 6.07) is 21.3. The van der Waals surface area contributed by atoms with E-state index >= 15 is 0 Å². The number of aromatic nitrogens is 2. The molecule has 14 heteroatoms. The molecule has 1 aliphatic heterocycles. The Hall–Kier alpha value is -6.38. The summed E-state index contributed by atoms with van der Waals surface area (Å²) in [6.45, 7) is 9.33. The van der Waals surface area contributed by atoms with Crippen molar-refractivity contribution >= 4 is 23.9 Å². The number of carbonyl (C=O) groups excluding carboxylic acids is 4. The monoisotopic (exact) mass is 991 g/mol. The van der Waals surface area contributed by atoms with Gasteiger partial charge in [-0.15, -0.1) is 0 Å². The molecule has 0 aliphatic carbocycles. The molecule has 72 heavy (non-hydrogen) atoms. The second-order valence-electron chi connectivity index (χ2n) is 17.7. The van der Waals surface area contributed by atoms with Crippen LogP contribution >= 0.6 is 0 Å². The van der Waals surface area contributed by atoms with Gasteiger partial charge in [-0.2, -0.15) is 0 Å². The third-order valence-corrected chi connectivity index (χ3v) is 12.1. The van der Waals surface area contributed by atoms with Crippen LogP contribution in [0.2, 0.25) is 0 Å². The minimum atomic E-state index is -1.26. The highest BCUT2D eigenvalue weighted by Gasteiger charge is 2.34. The summed E-state index contributed by atoms with van der Waals surface area (Å²) in [6.07, 6.45) is 26.0. The summed E-state index contributed by atoms with van der Waals surface area (Å²) in [4.78, 5) is 57.6. The Morgan fingerprint density at radius 2 is 0.764 bits per heavy atom. The van der Waals surface area contributed by atoms with E-state index in [1.807, 2.05) is 24.3 Å². The quantitative estimate of drug-likeness (QED) is 0.0183. The number of hydrogen-bond donors (Lipinski definition) is 0. The van der Waals surface area contributed by atoms with Crippen LogP contribution in [-0.4, -0.2) is 86.1 Å². The Kier molecular flexibility index (Phi) is 26.7. The highest BCUT2D eigenvalue weighted by Crippen LogP contribution is 2.25. The second-order valence-corrected chi connectivity index (χ2v) is 17.7. The SMILES string of the molecule is C=CC(=O)OCCCCCCCCCCCCOc1ccc(-c2ccc(C(=O)OC3OCCOC3OC(=O)c3ccc(-c4ccc(OCCCCCCCCCCCCOC(=O)C=C)cn4)cc3)cc2)nc1. The molecular formula is C58H74N2O12. The molecular weight excluding hydrogens is 917 g/mol. The first-order chi connectivity index (χ1) is 35.3. The first-order valence-electron chi connectivity index (χ1n) is 25.9. The average Bonchev–Trinajstić information content (AvgIpc) is 3.41. The molecule has 0 radical (unpaired) electrons. The van der Waals surface area contributed by atoms with E-state index in [4.69, 9.17) is 37.9 Å². The number of unbranched alkanes of at least 4 members (excludes halogenated alkanes) is 18. The molecule has 0 saturated carbocycles. The first-order valence-corrected chi connectivity index (χ1v) is 25.9. The molecule has 2 aromatic heterocycles. The number of ether oxygens (including phenoxy) is 8. The van der Waals surface area contributed by atoms with Crippen molar-refractivity contribution < 1.29 is 57.1 Å². The van der Waals surface area contributed by atoms with E-state index in [0.717, 1.165) is 73.9 Å². The van der Waals surface area contributed by atoms with Crippen molar-refractivity contribution in [1.82, 2.24) is 9.97 Å². The molecule has 2 aromatic carbocycles. The predicted octanol–water partition coefficient (Wildman–Crippen LogP) is 12.5. The van der Waals surface area contributed by atoms with E-state index in [1.165, 1.54) is 89.2 Å². The van der Waals surface area contributed by atoms with Crippen molar-refractivity contribution in [2.45, 2.75) is 141 Å². The summed E-state index contributed by atoms with van der Waals surface area (Å²) >= 11 is 0. The van der Waals surface area contributed by atoms with Crippen molar-refractivity contribution in [3.8, 4) is 34.0 Å². The number of nitrogens with zero attached hydrogens (tertiary/aromatic N) is 2. The molecule has 388 valence electrons. The van der Waals surface area contributed by atoms with Crippen LogP contribution in [0, 0.1) is 0 Å². The van der Waals surface area contributed by atoms with Gasteiger partial charge in [0.25, 0.3) is 12.6 Å². The molecule has 1 saturated heterocycles. The topological polar surface area (TPSA) is 168 Å². The fraction of sp³-hybridized carbons (Fsp3) is 0.483. The number of hydrogen-bond acceptors (Lipinski definition) is 14. The third kappa shape index (κ3) is 21.9. The molecule has 0 spiro atoms. The maximum atomic E-state index is 13.2. The number of esters is 4. The molecule has 1 fully saturated rings. The molecule has 5 rings (SSSR count). The van der Waals surface area contributed by atoms with Crippen LogP contribution in [0.1, 0.15) is 149 Å². The zero-order valence-corrected chi connectivity index (χ0v) is 42.0. The largest absolute Gasteiger partial charge is 0.492 e. The van der Waals surface area contributed by atoms with Crippen molar-refractivity contribution in [3.63, 3.8) is 0 Å². The Morgan fingerprint density at radius 3 is 1.07 bits per heavy atom. The lowest BCUT2D eigenvalue weighted by Gasteiger charge is -2.30. The van der Waals surface area contributed by atoms with Crippen molar-refractivity contribution in [2.24, 2.45) is 0 Å². The molecule has 14 nitrogen and oxygen atoms in total. The van der Waals surface area contributed by atoms with Gasteiger partial charge in [-0.3, -0.25) is 9.97 Å². The fourth-order valence-corrected chi connectivity index (χ4v) is 7.92. The number of benzene rings is 2. The van der Waals surface area contributed by atoms with E-state index in [9.17, 15) is 19.2 Å². The minimum Gasteiger partial charge on any atom is -0.492 e. The van der Waals surface area contributed by atoms with Gasteiger partial charge in [0.1, 0.15) is 11.5 Å². The number of carbonyl (C=O) groups is 4. The van der Waals surface area contributed by atoms with E-state index in [2.05, 4.69) is 23.1 Å². The minimum absolute atomic E-state index is 0.160. The smallest absolute Gasteiger partial charge is 0.340 e. The Morgan fingerprint density at radius 1 is 0.444 bits per heavy atom. The lowest BCUT2D eigenvalue weighted by Crippen LogP contribution is -2.44. The van der Waals surface area contributed by atoms with Crippen LogP contribution in [0.4, 0.5) is 0 Å². The summed E-state index contributed by atoms with van der Waals surface area (Å²) < 4.78 is 44.4. The van der Waals surface area contributed by atoms with Gasteiger partial charge in [0.15, 0.2) is 0 Å². The lowest BCUT2D eigenvalue weighted by molar-refractivity contribution is -0.288. The van der Waals surface area contributed by atoms with Gasteiger partial charge in [0, 0.05) is 23.3 Å². The van der Waals surface area contributed by atoms with Gasteiger partial charge in [-0.1, -0.05) is 140 Å². The van der Waals surface area contributed by atoms with Gasteiger partial charge in [0.05, 0.1) is 74.5 Å². The van der Waals surface area contributed by atoms with E-state index in [1.54, 1.807) is 60.9 Å². The molecule has 3 heterocycles. The van der Waals surface area contributed by atoms with E-state index in [0.29, 0.717) is 37.9 Å². The maximum Gasteiger partial charge on any atom is 0.340 e. The normalized spacial score (nSPS) is 14.2. The lowest BCUT2D eigenvalue weighted by atomic mass is 10.1. The molecule has 2 unspecified atom stereocenters. The molecule has 0 N–H and O–H groups in total. The molecule has 2 atom stereocenters. The van der Waals surface area contributed by atoms with E-state index < -0.39 is 24.5 Å². The van der Waals surface area contributed by atoms with Crippen LogP contribution in [-0.2, 0) is 38.0 Å². The van der Waals surface area contributed by atoms with Crippen molar-refractivity contribution in [1.29, 1.82) is 0 Å². The highest BCUT2D eigenvalue weighted by atomic mass is 16.8. The third-order valence-electron chi connectivity index (χ3n) is 12.1.